The third kappa shape index (κ3) is 4.10. The molecule has 0 unspecified atom stereocenters. The van der Waals surface area contributed by atoms with Gasteiger partial charge in [-0.25, -0.2) is 0 Å². The van der Waals surface area contributed by atoms with Crippen molar-refractivity contribution >= 4 is 20.2 Å². The Morgan fingerprint density at radius 3 is 1.06 bits per heavy atom. The van der Waals surface area contributed by atoms with E-state index < -0.39 is 16.8 Å². The first-order valence-electron chi connectivity index (χ1n) is 10.6. The van der Waals surface area contributed by atoms with Crippen LogP contribution in [0.2, 0.25) is 0 Å². The van der Waals surface area contributed by atoms with Crippen LogP contribution >= 0.6 is 20.2 Å². The van der Waals surface area contributed by atoms with Gasteiger partial charge in [-0.1, -0.05) is 0 Å². The van der Waals surface area contributed by atoms with Crippen molar-refractivity contribution in [3.05, 3.63) is 52.4 Å². The number of aryl methyl sites for hydroxylation is 3. The van der Waals surface area contributed by atoms with Gasteiger partial charge in [0.1, 0.15) is 0 Å². The van der Waals surface area contributed by atoms with Gasteiger partial charge in [-0.2, -0.15) is 0 Å². The van der Waals surface area contributed by atoms with Crippen molar-refractivity contribution in [3.63, 3.8) is 0 Å². The van der Waals surface area contributed by atoms with Crippen LogP contribution in [0.15, 0.2) is 18.2 Å². The summed E-state index contributed by atoms with van der Waals surface area (Å²) in [6, 6.07) is 6.30. The van der Waals surface area contributed by atoms with Crippen LogP contribution in [0.3, 0.4) is 0 Å². The van der Waals surface area contributed by atoms with Gasteiger partial charge >= 0.3 is 199 Å². The molecule has 0 spiro atoms. The van der Waals surface area contributed by atoms with Crippen molar-refractivity contribution in [1.82, 2.24) is 29.3 Å². The molecule has 0 saturated heterocycles. The minimum atomic E-state index is -2.17. The van der Waals surface area contributed by atoms with E-state index in [2.05, 4.69) is 59.7 Å². The van der Waals surface area contributed by atoms with Crippen LogP contribution in [-0.4, -0.2) is 29.3 Å². The maximum absolute atomic E-state index is 6.97. The van der Waals surface area contributed by atoms with Crippen molar-refractivity contribution in [2.75, 3.05) is 0 Å². The normalized spacial score (nSPS) is 13.2. The van der Waals surface area contributed by atoms with E-state index >= 15 is 0 Å². The van der Waals surface area contributed by atoms with Crippen molar-refractivity contribution in [3.8, 4) is 0 Å². The Morgan fingerprint density at radius 2 is 0.903 bits per heavy atom. The number of rotatable bonds is 7. The second-order valence-corrected chi connectivity index (χ2v) is 13.4. The number of hydrogen-bond acceptors (Lipinski definition) is 3. The van der Waals surface area contributed by atoms with Crippen LogP contribution in [0.4, 0.5) is 0 Å². The fourth-order valence-corrected chi connectivity index (χ4v) is 6.52. The first-order chi connectivity index (χ1) is 14.4. The van der Waals surface area contributed by atoms with Crippen LogP contribution in [0.1, 0.15) is 93.5 Å². The zero-order chi connectivity index (χ0) is 23.2. The fourth-order valence-electron chi connectivity index (χ4n) is 3.66. The first-order valence-corrected chi connectivity index (χ1v) is 14.5. The second-order valence-electron chi connectivity index (χ2n) is 9.08. The molecule has 0 amide bonds. The van der Waals surface area contributed by atoms with Crippen LogP contribution in [0, 0.1) is 20.8 Å². The molecule has 0 fully saturated rings. The average Bonchev–Trinajstić information content (AvgIpc) is 3.35. The van der Waals surface area contributed by atoms with E-state index in [0.717, 1.165) is 34.2 Å². The number of halogens is 2. The van der Waals surface area contributed by atoms with Gasteiger partial charge in [-0.3, -0.25) is 0 Å². The number of aromatic nitrogens is 6. The molecule has 31 heavy (non-hydrogen) atoms. The van der Waals surface area contributed by atoms with E-state index in [1.165, 1.54) is 0 Å². The predicted octanol–water partition coefficient (Wildman–Crippen LogP) is 6.16. The van der Waals surface area contributed by atoms with Crippen LogP contribution in [0.5, 0.6) is 0 Å². The SMILES string of the molecule is Cc1cc(C(C)C)nn1[C](n1nc(C(C)C)cc1C)(n1nc(C(C)C)cc1C)[Mn]([Cl])[Cl]. The topological polar surface area (TPSA) is 53.5 Å². The molecule has 9 heteroatoms. The predicted molar refractivity (Wildman–Crippen MR) is 124 cm³/mol. The van der Waals surface area contributed by atoms with E-state index in [1.807, 2.05) is 34.8 Å². The van der Waals surface area contributed by atoms with Crippen LogP contribution in [-0.2, 0) is 16.8 Å². The molecule has 0 saturated carbocycles. The minimum absolute atomic E-state index is 0.272. The molecule has 3 heterocycles. The van der Waals surface area contributed by atoms with Crippen molar-refractivity contribution < 1.29 is 12.1 Å². The van der Waals surface area contributed by atoms with E-state index in [-0.39, 0.29) is 17.8 Å². The molecule has 0 aliphatic carbocycles. The van der Waals surface area contributed by atoms with Crippen LogP contribution in [0.25, 0.3) is 0 Å². The maximum atomic E-state index is 6.97. The molecule has 0 radical (unpaired) electrons. The molecular weight excluding hydrogens is 474 g/mol. The molecule has 3 aromatic rings. The van der Waals surface area contributed by atoms with Gasteiger partial charge in [0, 0.05) is 0 Å². The number of nitrogens with zero attached hydrogens (tertiary/aromatic N) is 6. The van der Waals surface area contributed by atoms with Gasteiger partial charge in [-0.15, -0.1) is 0 Å². The molecule has 0 aromatic carbocycles. The Labute approximate surface area is 198 Å². The molecule has 0 aliphatic heterocycles. The van der Waals surface area contributed by atoms with Crippen LogP contribution < -0.4 is 0 Å². The Kier molecular flexibility index (Phi) is 7.02. The Morgan fingerprint density at radius 1 is 0.645 bits per heavy atom. The molecule has 0 N–H and O–H groups in total. The third-order valence-electron chi connectivity index (χ3n) is 5.49. The van der Waals surface area contributed by atoms with E-state index in [9.17, 15) is 0 Å². The summed E-state index contributed by atoms with van der Waals surface area (Å²) in [6.45, 7) is 18.9. The van der Waals surface area contributed by atoms with Gasteiger partial charge in [0.15, 0.2) is 0 Å². The first kappa shape index (κ1) is 24.4. The summed E-state index contributed by atoms with van der Waals surface area (Å²) in [5.41, 5.74) is 5.87. The second kappa shape index (κ2) is 8.93. The van der Waals surface area contributed by atoms with Gasteiger partial charge < -0.3 is 0 Å². The molecule has 3 aromatic heterocycles. The summed E-state index contributed by atoms with van der Waals surface area (Å²) in [5.74, 6) is 0.817. The average molecular weight is 507 g/mol. The Hall–Kier alpha value is -1.27. The summed E-state index contributed by atoms with van der Waals surface area (Å²) in [4.78, 5) is 0. The summed E-state index contributed by atoms with van der Waals surface area (Å²) in [5, 5.41) is 15.0. The molecule has 172 valence electrons. The van der Waals surface area contributed by atoms with Crippen molar-refractivity contribution in [2.45, 2.75) is 84.8 Å². The van der Waals surface area contributed by atoms with E-state index in [4.69, 9.17) is 35.5 Å². The van der Waals surface area contributed by atoms with E-state index in [0.29, 0.717) is 0 Å². The summed E-state index contributed by atoms with van der Waals surface area (Å²) >= 11 is -2.17. The zero-order valence-electron chi connectivity index (χ0n) is 19.8. The van der Waals surface area contributed by atoms with Gasteiger partial charge in [0.2, 0.25) is 0 Å². The molecule has 0 aliphatic rings. The molecule has 0 bridgehead atoms. The van der Waals surface area contributed by atoms with Crippen molar-refractivity contribution in [2.24, 2.45) is 0 Å². The van der Waals surface area contributed by atoms with Gasteiger partial charge in [-0.05, 0) is 0 Å². The van der Waals surface area contributed by atoms with Gasteiger partial charge in [0.05, 0.1) is 0 Å². The molecule has 0 atom stereocenters. The third-order valence-corrected chi connectivity index (χ3v) is 8.42. The zero-order valence-corrected chi connectivity index (χ0v) is 22.5. The standard InChI is InChI=1S/C22H33N6.2ClH.Mn/c1-13(2)19-10-16(7)26(23-19)22(27-17(8)11-20(24-27)14(3)4)28-18(9)12-21(25-28)15(5)6;;;/h10-15H,1-9H3;2*1H;/q;;;+2/p-2. The van der Waals surface area contributed by atoms with Gasteiger partial charge in [0.25, 0.3) is 0 Å². The monoisotopic (exact) mass is 506 g/mol. The quantitative estimate of drug-likeness (QED) is 0.360. The summed E-state index contributed by atoms with van der Waals surface area (Å²) < 4.78 is 4.73. The Bertz CT molecular complexity index is 933. The summed E-state index contributed by atoms with van der Waals surface area (Å²) in [6.07, 6.45) is 0. The molecular formula is C22H33Cl2MnN6. The molecule has 6 nitrogen and oxygen atoms in total. The van der Waals surface area contributed by atoms with E-state index in [1.54, 1.807) is 0 Å². The summed E-state index contributed by atoms with van der Waals surface area (Å²) in [7, 11) is 13.9. The van der Waals surface area contributed by atoms with Crippen molar-refractivity contribution in [1.29, 1.82) is 0 Å². The fraction of sp³-hybridized carbons (Fsp3) is 0.591. The number of hydrogen-bond donors (Lipinski definition) is 0. The Balaban J connectivity index is 2.45. The molecule has 3 rings (SSSR count).